The zero-order chi connectivity index (χ0) is 10.4. The van der Waals surface area contributed by atoms with E-state index in [9.17, 15) is 0 Å². The molecule has 2 unspecified atom stereocenters. The van der Waals surface area contributed by atoms with Crippen LogP contribution in [0.5, 0.6) is 0 Å². The Bertz CT molecular complexity index is 287. The van der Waals surface area contributed by atoms with Crippen LogP contribution < -0.4 is 5.32 Å². The molecule has 1 heterocycles. The summed E-state index contributed by atoms with van der Waals surface area (Å²) in [6.07, 6.45) is 7.55. The first-order valence-electron chi connectivity index (χ1n) is 4.88. The Hall–Kier alpha value is -0.850. The molecule has 0 fully saturated rings. The highest BCUT2D eigenvalue weighted by atomic mass is 32.1. The molecule has 1 N–H and O–H groups in total. The van der Waals surface area contributed by atoms with Crippen molar-refractivity contribution >= 4 is 11.3 Å². The fourth-order valence-corrected chi connectivity index (χ4v) is 1.97. The third kappa shape index (κ3) is 3.13. The van der Waals surface area contributed by atoms with E-state index in [0.29, 0.717) is 0 Å². The highest BCUT2D eigenvalue weighted by Gasteiger charge is 2.11. The van der Waals surface area contributed by atoms with Crippen molar-refractivity contribution in [1.82, 2.24) is 10.3 Å². The van der Waals surface area contributed by atoms with Crippen molar-refractivity contribution in [2.24, 2.45) is 0 Å². The lowest BCUT2D eigenvalue weighted by atomic mass is 10.1. The van der Waals surface area contributed by atoms with Gasteiger partial charge in [-0.15, -0.1) is 17.8 Å². The largest absolute Gasteiger partial charge is 0.295 e. The lowest BCUT2D eigenvalue weighted by Gasteiger charge is -2.17. The highest BCUT2D eigenvalue weighted by Crippen LogP contribution is 2.13. The van der Waals surface area contributed by atoms with Crippen molar-refractivity contribution in [2.45, 2.75) is 38.8 Å². The maximum absolute atomic E-state index is 5.43. The third-order valence-electron chi connectivity index (χ3n) is 2.12. The summed E-state index contributed by atoms with van der Waals surface area (Å²) in [4.78, 5) is 4.25. The van der Waals surface area contributed by atoms with Crippen molar-refractivity contribution in [3.63, 3.8) is 0 Å². The summed E-state index contributed by atoms with van der Waals surface area (Å²) in [5.74, 6) is 2.76. The van der Waals surface area contributed by atoms with Gasteiger partial charge in [-0.1, -0.05) is 19.3 Å². The quantitative estimate of drug-likeness (QED) is 0.752. The molecule has 0 saturated heterocycles. The fraction of sp³-hybridized carbons (Fsp3) is 0.545. The first-order chi connectivity index (χ1) is 6.77. The second-order valence-corrected chi connectivity index (χ2v) is 4.03. The molecule has 0 spiro atoms. The topological polar surface area (TPSA) is 24.9 Å². The molecule has 14 heavy (non-hydrogen) atoms. The van der Waals surface area contributed by atoms with E-state index in [-0.39, 0.29) is 12.1 Å². The number of rotatable bonds is 5. The monoisotopic (exact) mass is 208 g/mol. The van der Waals surface area contributed by atoms with Gasteiger partial charge >= 0.3 is 0 Å². The Labute approximate surface area is 89.8 Å². The van der Waals surface area contributed by atoms with Gasteiger partial charge in [-0.25, -0.2) is 4.98 Å². The smallest absolute Gasteiger partial charge is 0.0795 e. The van der Waals surface area contributed by atoms with Gasteiger partial charge in [-0.2, -0.15) is 0 Å². The molecule has 0 amide bonds. The summed E-state index contributed by atoms with van der Waals surface area (Å²) in [5, 5.41) is 5.43. The third-order valence-corrected chi connectivity index (χ3v) is 2.73. The highest BCUT2D eigenvalue weighted by molar-refractivity contribution is 7.07. The van der Waals surface area contributed by atoms with Crippen LogP contribution in [0.2, 0.25) is 0 Å². The molecule has 0 aliphatic carbocycles. The van der Waals surface area contributed by atoms with Crippen LogP contribution in [-0.4, -0.2) is 11.0 Å². The van der Waals surface area contributed by atoms with Gasteiger partial charge < -0.3 is 0 Å². The SMILES string of the molecule is C#CC(CCC)NC(C)c1cscn1. The Morgan fingerprint density at radius 3 is 3.00 bits per heavy atom. The summed E-state index contributed by atoms with van der Waals surface area (Å²) in [7, 11) is 0. The van der Waals surface area contributed by atoms with Crippen LogP contribution in [0, 0.1) is 12.3 Å². The maximum Gasteiger partial charge on any atom is 0.0795 e. The summed E-state index contributed by atoms with van der Waals surface area (Å²) in [6.45, 7) is 4.23. The number of hydrogen-bond donors (Lipinski definition) is 1. The van der Waals surface area contributed by atoms with E-state index in [0.717, 1.165) is 18.5 Å². The average molecular weight is 208 g/mol. The molecule has 0 radical (unpaired) electrons. The average Bonchev–Trinajstić information content (AvgIpc) is 2.69. The van der Waals surface area contributed by atoms with E-state index in [4.69, 9.17) is 6.42 Å². The number of hydrogen-bond acceptors (Lipinski definition) is 3. The zero-order valence-corrected chi connectivity index (χ0v) is 9.47. The van der Waals surface area contributed by atoms with E-state index >= 15 is 0 Å². The maximum atomic E-state index is 5.43. The number of aromatic nitrogens is 1. The van der Waals surface area contributed by atoms with Crippen molar-refractivity contribution < 1.29 is 0 Å². The van der Waals surface area contributed by atoms with Crippen LogP contribution >= 0.6 is 11.3 Å². The van der Waals surface area contributed by atoms with E-state index in [1.807, 2.05) is 5.51 Å². The molecular weight excluding hydrogens is 192 g/mol. The van der Waals surface area contributed by atoms with E-state index in [2.05, 4.69) is 35.4 Å². The Morgan fingerprint density at radius 1 is 1.71 bits per heavy atom. The molecule has 0 aliphatic heterocycles. The van der Waals surface area contributed by atoms with Crippen molar-refractivity contribution in [2.75, 3.05) is 0 Å². The van der Waals surface area contributed by atoms with E-state index < -0.39 is 0 Å². The van der Waals surface area contributed by atoms with Gasteiger partial charge in [0.1, 0.15) is 0 Å². The Balaban J connectivity index is 2.47. The predicted molar refractivity (Wildman–Crippen MR) is 61.2 cm³/mol. The summed E-state index contributed by atoms with van der Waals surface area (Å²) >= 11 is 1.61. The minimum absolute atomic E-state index is 0.164. The molecule has 1 rings (SSSR count). The zero-order valence-electron chi connectivity index (χ0n) is 8.66. The van der Waals surface area contributed by atoms with E-state index in [1.54, 1.807) is 11.3 Å². The molecule has 2 nitrogen and oxygen atoms in total. The van der Waals surface area contributed by atoms with Crippen LogP contribution in [0.3, 0.4) is 0 Å². The van der Waals surface area contributed by atoms with E-state index in [1.165, 1.54) is 0 Å². The molecule has 1 aromatic rings. The molecule has 2 atom stereocenters. The van der Waals surface area contributed by atoms with Crippen molar-refractivity contribution in [1.29, 1.82) is 0 Å². The fourth-order valence-electron chi connectivity index (χ4n) is 1.33. The Morgan fingerprint density at radius 2 is 2.50 bits per heavy atom. The molecule has 0 aliphatic rings. The van der Waals surface area contributed by atoms with Gasteiger partial charge in [-0.3, -0.25) is 5.32 Å². The Kier molecular flexibility index (Phi) is 4.64. The molecule has 0 aromatic carbocycles. The van der Waals surface area contributed by atoms with Gasteiger partial charge in [0.05, 0.1) is 17.2 Å². The molecular formula is C11H16N2S. The van der Waals surface area contributed by atoms with Gasteiger partial charge in [0.25, 0.3) is 0 Å². The molecule has 3 heteroatoms. The second-order valence-electron chi connectivity index (χ2n) is 3.31. The van der Waals surface area contributed by atoms with Gasteiger partial charge in [-0.05, 0) is 13.3 Å². The molecule has 1 aromatic heterocycles. The minimum Gasteiger partial charge on any atom is -0.295 e. The van der Waals surface area contributed by atoms with Crippen molar-refractivity contribution in [3.05, 3.63) is 16.6 Å². The van der Waals surface area contributed by atoms with Gasteiger partial charge in [0, 0.05) is 11.4 Å². The first kappa shape index (κ1) is 11.2. The second kappa shape index (κ2) is 5.79. The van der Waals surface area contributed by atoms with Crippen LogP contribution in [0.15, 0.2) is 10.9 Å². The first-order valence-corrected chi connectivity index (χ1v) is 5.82. The van der Waals surface area contributed by atoms with Gasteiger partial charge in [0.2, 0.25) is 0 Å². The standard InChI is InChI=1S/C11H16N2S/c1-4-6-10(5-2)13-9(3)11-7-14-8-12-11/h2,7-10,13H,4,6H2,1,3H3. The molecule has 76 valence electrons. The lowest BCUT2D eigenvalue weighted by Crippen LogP contribution is -2.30. The van der Waals surface area contributed by atoms with Crippen LogP contribution in [0.4, 0.5) is 0 Å². The number of thiazole rings is 1. The summed E-state index contributed by atoms with van der Waals surface area (Å²) in [5.41, 5.74) is 2.92. The number of terminal acetylenes is 1. The lowest BCUT2D eigenvalue weighted by molar-refractivity contribution is 0.489. The molecule has 0 bridgehead atoms. The normalized spacial score (nSPS) is 14.6. The predicted octanol–water partition coefficient (Wildman–Crippen LogP) is 2.60. The minimum atomic E-state index is 0.164. The molecule has 0 saturated carbocycles. The number of nitrogens with one attached hydrogen (secondary N) is 1. The number of nitrogens with zero attached hydrogens (tertiary/aromatic N) is 1. The van der Waals surface area contributed by atoms with Gasteiger partial charge in [0.15, 0.2) is 0 Å². The summed E-state index contributed by atoms with van der Waals surface area (Å²) in [6, 6.07) is 0.408. The van der Waals surface area contributed by atoms with Crippen LogP contribution in [0.1, 0.15) is 38.4 Å². The van der Waals surface area contributed by atoms with Crippen LogP contribution in [0.25, 0.3) is 0 Å². The van der Waals surface area contributed by atoms with Crippen LogP contribution in [-0.2, 0) is 0 Å². The van der Waals surface area contributed by atoms with Crippen molar-refractivity contribution in [3.8, 4) is 12.3 Å². The summed E-state index contributed by atoms with van der Waals surface area (Å²) < 4.78 is 0.